The number of hydrogen-bond donors (Lipinski definition) is 2. The number of aromatic nitrogens is 2. The SMILES string of the molecule is COc1ccc(C2C(C(=O)Nc3ccccc3)=C(C)Nc3nc4ccccc4n32)cc1. The Kier molecular flexibility index (Phi) is 4.67. The monoisotopic (exact) mass is 410 g/mol. The number of nitrogens with one attached hydrogen (secondary N) is 2. The Labute approximate surface area is 180 Å². The molecule has 1 unspecified atom stereocenters. The number of hydrogen-bond acceptors (Lipinski definition) is 4. The molecule has 0 saturated carbocycles. The normalized spacial score (nSPS) is 15.4. The minimum atomic E-state index is -0.335. The van der Waals surface area contributed by atoms with Crippen LogP contribution in [0.15, 0.2) is 90.1 Å². The van der Waals surface area contributed by atoms with E-state index in [-0.39, 0.29) is 11.9 Å². The first-order chi connectivity index (χ1) is 15.2. The van der Waals surface area contributed by atoms with Gasteiger partial charge in [-0.2, -0.15) is 0 Å². The van der Waals surface area contributed by atoms with Crippen LogP contribution < -0.4 is 15.4 Å². The van der Waals surface area contributed by atoms with Crippen LogP contribution in [-0.4, -0.2) is 22.6 Å². The third-order valence-corrected chi connectivity index (χ3v) is 5.54. The Morgan fingerprint density at radius 3 is 2.45 bits per heavy atom. The first kappa shape index (κ1) is 18.9. The van der Waals surface area contributed by atoms with Crippen molar-refractivity contribution in [1.82, 2.24) is 9.55 Å². The quantitative estimate of drug-likeness (QED) is 0.498. The van der Waals surface area contributed by atoms with Gasteiger partial charge in [0.15, 0.2) is 0 Å². The Morgan fingerprint density at radius 1 is 1.00 bits per heavy atom. The molecule has 4 aromatic rings. The summed E-state index contributed by atoms with van der Waals surface area (Å²) in [5, 5.41) is 6.37. The Morgan fingerprint density at radius 2 is 1.71 bits per heavy atom. The van der Waals surface area contributed by atoms with Crippen molar-refractivity contribution < 1.29 is 9.53 Å². The summed E-state index contributed by atoms with van der Waals surface area (Å²) in [7, 11) is 1.64. The largest absolute Gasteiger partial charge is 0.497 e. The number of methoxy groups -OCH3 is 1. The molecule has 2 heterocycles. The first-order valence-corrected chi connectivity index (χ1v) is 10.1. The second-order valence-corrected chi connectivity index (χ2v) is 7.45. The zero-order valence-electron chi connectivity index (χ0n) is 17.3. The molecule has 1 aliphatic rings. The van der Waals surface area contributed by atoms with E-state index >= 15 is 0 Å². The van der Waals surface area contributed by atoms with E-state index in [1.165, 1.54) is 0 Å². The summed E-state index contributed by atoms with van der Waals surface area (Å²) in [6, 6.07) is 24.9. The van der Waals surface area contributed by atoms with Crippen LogP contribution in [0.2, 0.25) is 0 Å². The number of fused-ring (bicyclic) bond motifs is 3. The van der Waals surface area contributed by atoms with E-state index in [1.807, 2.05) is 85.8 Å². The second-order valence-electron chi connectivity index (χ2n) is 7.45. The highest BCUT2D eigenvalue weighted by Crippen LogP contribution is 2.39. The Hall–Kier alpha value is -4.06. The number of nitrogens with zero attached hydrogens (tertiary/aromatic N) is 2. The molecule has 1 aromatic heterocycles. The summed E-state index contributed by atoms with van der Waals surface area (Å²) in [6.45, 7) is 1.92. The smallest absolute Gasteiger partial charge is 0.255 e. The topological polar surface area (TPSA) is 68.2 Å². The molecule has 6 heteroatoms. The molecule has 154 valence electrons. The van der Waals surface area contributed by atoms with Crippen molar-refractivity contribution >= 4 is 28.6 Å². The highest BCUT2D eigenvalue weighted by Gasteiger charge is 2.34. The average molecular weight is 410 g/mol. The van der Waals surface area contributed by atoms with Crippen molar-refractivity contribution in [2.75, 3.05) is 17.7 Å². The second kappa shape index (κ2) is 7.65. The summed E-state index contributed by atoms with van der Waals surface area (Å²) in [5.74, 6) is 1.33. The minimum absolute atomic E-state index is 0.152. The lowest BCUT2D eigenvalue weighted by Crippen LogP contribution is -2.30. The summed E-state index contributed by atoms with van der Waals surface area (Å²) in [4.78, 5) is 18.2. The number of ether oxygens (including phenoxy) is 1. The number of carbonyl (C=O) groups excluding carboxylic acids is 1. The van der Waals surface area contributed by atoms with Gasteiger partial charge in [-0.1, -0.05) is 42.5 Å². The molecule has 0 radical (unpaired) electrons. The van der Waals surface area contributed by atoms with Crippen LogP contribution in [0.3, 0.4) is 0 Å². The maximum absolute atomic E-state index is 13.5. The number of benzene rings is 3. The van der Waals surface area contributed by atoms with Gasteiger partial charge in [-0.3, -0.25) is 9.36 Å². The molecule has 5 rings (SSSR count). The number of imidazole rings is 1. The van der Waals surface area contributed by atoms with Gasteiger partial charge in [0.05, 0.1) is 29.8 Å². The lowest BCUT2D eigenvalue weighted by molar-refractivity contribution is -0.113. The maximum Gasteiger partial charge on any atom is 0.255 e. The molecular weight excluding hydrogens is 388 g/mol. The predicted molar refractivity (Wildman–Crippen MR) is 122 cm³/mol. The van der Waals surface area contributed by atoms with Gasteiger partial charge in [-0.25, -0.2) is 4.98 Å². The number of rotatable bonds is 4. The summed E-state index contributed by atoms with van der Waals surface area (Å²) < 4.78 is 7.42. The molecule has 31 heavy (non-hydrogen) atoms. The van der Waals surface area contributed by atoms with Crippen molar-refractivity contribution in [3.63, 3.8) is 0 Å². The fraction of sp³-hybridized carbons (Fsp3) is 0.120. The maximum atomic E-state index is 13.5. The Balaban J connectivity index is 1.66. The van der Waals surface area contributed by atoms with Crippen LogP contribution in [0.1, 0.15) is 18.5 Å². The van der Waals surface area contributed by atoms with Gasteiger partial charge in [0.1, 0.15) is 5.75 Å². The third-order valence-electron chi connectivity index (χ3n) is 5.54. The molecule has 2 N–H and O–H groups in total. The van der Waals surface area contributed by atoms with Crippen molar-refractivity contribution in [1.29, 1.82) is 0 Å². The molecule has 0 fully saturated rings. The van der Waals surface area contributed by atoms with Crippen molar-refractivity contribution in [3.05, 3.63) is 95.7 Å². The zero-order valence-corrected chi connectivity index (χ0v) is 17.3. The standard InChI is InChI=1S/C25H22N4O2/c1-16-22(24(30)27-18-8-4-3-5-9-18)23(17-12-14-19(31-2)15-13-17)29-21-11-7-6-10-20(21)28-25(29)26-16/h3-15,23H,1-2H3,(H,26,28)(H,27,30). The molecule has 0 bridgehead atoms. The molecule has 0 spiro atoms. The van der Waals surface area contributed by atoms with E-state index in [0.717, 1.165) is 39.7 Å². The summed E-state index contributed by atoms with van der Waals surface area (Å²) in [5.41, 5.74) is 4.98. The van der Waals surface area contributed by atoms with Gasteiger partial charge in [-0.15, -0.1) is 0 Å². The van der Waals surface area contributed by atoms with Crippen LogP contribution >= 0.6 is 0 Å². The molecule has 6 nitrogen and oxygen atoms in total. The number of carbonyl (C=O) groups is 1. The van der Waals surface area contributed by atoms with Crippen LogP contribution in [0, 0.1) is 0 Å². The van der Waals surface area contributed by atoms with E-state index in [9.17, 15) is 4.79 Å². The Bertz CT molecular complexity index is 1290. The van der Waals surface area contributed by atoms with Crippen molar-refractivity contribution in [2.45, 2.75) is 13.0 Å². The van der Waals surface area contributed by atoms with Crippen molar-refractivity contribution in [2.24, 2.45) is 0 Å². The van der Waals surface area contributed by atoms with Gasteiger partial charge in [0, 0.05) is 11.4 Å². The van der Waals surface area contributed by atoms with Gasteiger partial charge in [0.25, 0.3) is 5.91 Å². The van der Waals surface area contributed by atoms with Crippen LogP contribution in [0.5, 0.6) is 5.75 Å². The van der Waals surface area contributed by atoms with Gasteiger partial charge in [-0.05, 0) is 48.9 Å². The fourth-order valence-corrected chi connectivity index (χ4v) is 4.08. The number of para-hydroxylation sites is 3. The minimum Gasteiger partial charge on any atom is -0.497 e. The van der Waals surface area contributed by atoms with E-state index in [1.54, 1.807) is 7.11 Å². The number of anilines is 2. The fourth-order valence-electron chi connectivity index (χ4n) is 4.08. The molecule has 3 aromatic carbocycles. The van der Waals surface area contributed by atoms with Crippen molar-refractivity contribution in [3.8, 4) is 5.75 Å². The van der Waals surface area contributed by atoms with E-state index in [4.69, 9.17) is 9.72 Å². The van der Waals surface area contributed by atoms with E-state index in [0.29, 0.717) is 5.57 Å². The molecule has 1 atom stereocenters. The van der Waals surface area contributed by atoms with Gasteiger partial charge >= 0.3 is 0 Å². The van der Waals surface area contributed by atoms with Crippen LogP contribution in [-0.2, 0) is 4.79 Å². The van der Waals surface area contributed by atoms with Crippen LogP contribution in [0.4, 0.5) is 11.6 Å². The molecular formula is C25H22N4O2. The van der Waals surface area contributed by atoms with E-state index in [2.05, 4.69) is 15.2 Å². The van der Waals surface area contributed by atoms with Crippen LogP contribution in [0.25, 0.3) is 11.0 Å². The average Bonchev–Trinajstić information content (AvgIpc) is 3.16. The number of allylic oxidation sites excluding steroid dienone is 1. The third kappa shape index (κ3) is 3.32. The summed E-state index contributed by atoms with van der Waals surface area (Å²) >= 11 is 0. The highest BCUT2D eigenvalue weighted by atomic mass is 16.5. The molecule has 0 aliphatic carbocycles. The lowest BCUT2D eigenvalue weighted by Gasteiger charge is -2.30. The summed E-state index contributed by atoms with van der Waals surface area (Å²) in [6.07, 6.45) is 0. The van der Waals surface area contributed by atoms with Gasteiger partial charge < -0.3 is 15.4 Å². The van der Waals surface area contributed by atoms with E-state index < -0.39 is 0 Å². The molecule has 0 saturated heterocycles. The molecule has 1 aliphatic heterocycles. The molecule has 1 amide bonds. The predicted octanol–water partition coefficient (Wildman–Crippen LogP) is 4.97. The van der Waals surface area contributed by atoms with Gasteiger partial charge in [0.2, 0.25) is 5.95 Å². The number of amides is 1. The zero-order chi connectivity index (χ0) is 21.4. The first-order valence-electron chi connectivity index (χ1n) is 10.1. The highest BCUT2D eigenvalue weighted by molar-refractivity contribution is 6.06. The lowest BCUT2D eigenvalue weighted by atomic mass is 9.94.